The number of hydrogen-bond donors (Lipinski definition) is 1. The second kappa shape index (κ2) is 7.84. The van der Waals surface area contributed by atoms with Gasteiger partial charge in [-0.3, -0.25) is 4.79 Å². The maximum absolute atomic E-state index is 12.2. The highest BCUT2D eigenvalue weighted by atomic mass is 35.5. The van der Waals surface area contributed by atoms with Crippen molar-refractivity contribution in [2.45, 2.75) is 25.0 Å². The first-order valence-electron chi connectivity index (χ1n) is 9.15. The van der Waals surface area contributed by atoms with Gasteiger partial charge < -0.3 is 19.7 Å². The van der Waals surface area contributed by atoms with Gasteiger partial charge in [0.25, 0.3) is 0 Å². The molecular weight excluding hydrogens is 366 g/mol. The van der Waals surface area contributed by atoms with Crippen LogP contribution in [-0.4, -0.2) is 43.0 Å². The molecule has 1 aromatic carbocycles. The lowest BCUT2D eigenvalue weighted by molar-refractivity contribution is -0.169. The smallest absolute Gasteiger partial charge is 0.228 e. The molecule has 0 atom stereocenters. The lowest BCUT2D eigenvalue weighted by Crippen LogP contribution is -2.45. The number of anilines is 2. The largest absolute Gasteiger partial charge is 0.356 e. The van der Waals surface area contributed by atoms with E-state index in [9.17, 15) is 4.79 Å². The molecule has 1 amide bonds. The second-order valence-electron chi connectivity index (χ2n) is 6.85. The van der Waals surface area contributed by atoms with Crippen LogP contribution in [0, 0.1) is 0 Å². The number of amides is 1. The first kappa shape index (κ1) is 18.2. The molecule has 1 N–H and O–H groups in total. The Balaban J connectivity index is 1.31. The molecule has 0 aliphatic carbocycles. The molecule has 0 unspecified atom stereocenters. The number of hydrogen-bond acceptors (Lipinski definition) is 5. The van der Waals surface area contributed by atoms with Gasteiger partial charge in [-0.15, -0.1) is 0 Å². The lowest BCUT2D eigenvalue weighted by Gasteiger charge is -2.38. The molecule has 2 fully saturated rings. The van der Waals surface area contributed by atoms with Gasteiger partial charge in [-0.05, 0) is 29.8 Å². The fourth-order valence-electron chi connectivity index (χ4n) is 3.50. The molecule has 1 spiro atoms. The molecule has 2 saturated heterocycles. The standard InChI is InChI=1S/C20H22ClN3O3/c21-16-3-1-15(2-4-16)13-19(25)23-17-5-6-18(22-14-17)24-9-7-20(8-10-24)26-11-12-27-20/h1-6,14H,7-13H2,(H,23,25). The number of nitrogens with zero attached hydrogens (tertiary/aromatic N) is 2. The minimum absolute atomic E-state index is 0.0812. The Morgan fingerprint density at radius 3 is 2.44 bits per heavy atom. The van der Waals surface area contributed by atoms with Crippen LogP contribution in [0.3, 0.4) is 0 Å². The fraction of sp³-hybridized carbons (Fsp3) is 0.400. The zero-order valence-electron chi connectivity index (χ0n) is 15.0. The summed E-state index contributed by atoms with van der Waals surface area (Å²) in [4.78, 5) is 18.9. The van der Waals surface area contributed by atoms with Crippen molar-refractivity contribution in [3.8, 4) is 0 Å². The molecule has 0 radical (unpaired) electrons. The van der Waals surface area contributed by atoms with Crippen LogP contribution in [0.15, 0.2) is 42.6 Å². The number of rotatable bonds is 4. The molecule has 142 valence electrons. The molecule has 0 bridgehead atoms. The van der Waals surface area contributed by atoms with E-state index >= 15 is 0 Å². The molecule has 2 aliphatic rings. The van der Waals surface area contributed by atoms with Crippen LogP contribution in [0.5, 0.6) is 0 Å². The molecule has 6 nitrogen and oxygen atoms in total. The third-order valence-electron chi connectivity index (χ3n) is 4.97. The Hall–Kier alpha value is -2.15. The number of piperidine rings is 1. The summed E-state index contributed by atoms with van der Waals surface area (Å²) in [6.45, 7) is 3.05. The number of ether oxygens (including phenoxy) is 2. The van der Waals surface area contributed by atoms with Gasteiger partial charge in [0.15, 0.2) is 5.79 Å². The Bertz CT molecular complexity index is 779. The van der Waals surface area contributed by atoms with Crippen LogP contribution in [-0.2, 0) is 20.7 Å². The normalized spacial score (nSPS) is 18.6. The maximum atomic E-state index is 12.2. The van der Waals surface area contributed by atoms with Gasteiger partial charge in [0.05, 0.1) is 31.5 Å². The van der Waals surface area contributed by atoms with Crippen molar-refractivity contribution in [3.05, 3.63) is 53.2 Å². The quantitative estimate of drug-likeness (QED) is 0.872. The molecule has 4 rings (SSSR count). The van der Waals surface area contributed by atoms with E-state index in [1.165, 1.54) is 0 Å². The Labute approximate surface area is 163 Å². The zero-order valence-corrected chi connectivity index (χ0v) is 15.7. The van der Waals surface area contributed by atoms with Crippen molar-refractivity contribution in [1.82, 2.24) is 4.98 Å². The predicted molar refractivity (Wildman–Crippen MR) is 104 cm³/mol. The molecule has 7 heteroatoms. The van der Waals surface area contributed by atoms with Gasteiger partial charge in [-0.1, -0.05) is 23.7 Å². The van der Waals surface area contributed by atoms with Gasteiger partial charge >= 0.3 is 0 Å². The first-order valence-corrected chi connectivity index (χ1v) is 9.53. The number of aromatic nitrogens is 1. The summed E-state index contributed by atoms with van der Waals surface area (Å²) in [5.74, 6) is 0.437. The molecule has 27 heavy (non-hydrogen) atoms. The summed E-state index contributed by atoms with van der Waals surface area (Å²) in [6, 6.07) is 11.1. The summed E-state index contributed by atoms with van der Waals surface area (Å²) < 4.78 is 11.5. The number of halogens is 1. The van der Waals surface area contributed by atoms with E-state index in [0.717, 1.165) is 37.3 Å². The van der Waals surface area contributed by atoms with Crippen LogP contribution in [0.1, 0.15) is 18.4 Å². The SMILES string of the molecule is O=C(Cc1ccc(Cl)cc1)Nc1ccc(N2CCC3(CC2)OCCO3)nc1. The number of pyridine rings is 1. The van der Waals surface area contributed by atoms with E-state index in [2.05, 4.69) is 15.2 Å². The monoisotopic (exact) mass is 387 g/mol. The van der Waals surface area contributed by atoms with E-state index in [1.807, 2.05) is 24.3 Å². The van der Waals surface area contributed by atoms with E-state index in [-0.39, 0.29) is 11.7 Å². The van der Waals surface area contributed by atoms with Gasteiger partial charge in [0.2, 0.25) is 5.91 Å². The summed E-state index contributed by atoms with van der Waals surface area (Å²) >= 11 is 5.87. The van der Waals surface area contributed by atoms with E-state index < -0.39 is 0 Å². The van der Waals surface area contributed by atoms with Gasteiger partial charge in [0.1, 0.15) is 5.82 Å². The van der Waals surface area contributed by atoms with Crippen molar-refractivity contribution in [2.24, 2.45) is 0 Å². The van der Waals surface area contributed by atoms with Crippen molar-refractivity contribution >= 4 is 29.0 Å². The molecular formula is C20H22ClN3O3. The van der Waals surface area contributed by atoms with E-state index in [1.54, 1.807) is 18.3 Å². The summed E-state index contributed by atoms with van der Waals surface area (Å²) in [5.41, 5.74) is 1.61. The van der Waals surface area contributed by atoms with Crippen LogP contribution in [0.4, 0.5) is 11.5 Å². The lowest BCUT2D eigenvalue weighted by atomic mass is 10.0. The number of carbonyl (C=O) groups is 1. The topological polar surface area (TPSA) is 63.7 Å². The van der Waals surface area contributed by atoms with Crippen LogP contribution in [0.25, 0.3) is 0 Å². The van der Waals surface area contributed by atoms with E-state index in [0.29, 0.717) is 30.3 Å². The number of nitrogens with one attached hydrogen (secondary N) is 1. The van der Waals surface area contributed by atoms with Gasteiger partial charge in [-0.2, -0.15) is 0 Å². The van der Waals surface area contributed by atoms with Crippen molar-refractivity contribution < 1.29 is 14.3 Å². The highest BCUT2D eigenvalue weighted by molar-refractivity contribution is 6.30. The highest BCUT2D eigenvalue weighted by Crippen LogP contribution is 2.32. The minimum Gasteiger partial charge on any atom is -0.356 e. The van der Waals surface area contributed by atoms with Crippen molar-refractivity contribution in [1.29, 1.82) is 0 Å². The second-order valence-corrected chi connectivity index (χ2v) is 7.29. The summed E-state index contributed by atoms with van der Waals surface area (Å²) in [5, 5.41) is 3.54. The molecule has 1 aromatic heterocycles. The average molecular weight is 388 g/mol. The maximum Gasteiger partial charge on any atom is 0.228 e. The molecule has 2 aromatic rings. The summed E-state index contributed by atoms with van der Waals surface area (Å²) in [7, 11) is 0. The Morgan fingerprint density at radius 1 is 1.11 bits per heavy atom. The average Bonchev–Trinajstić information content (AvgIpc) is 3.13. The summed E-state index contributed by atoms with van der Waals surface area (Å²) in [6.07, 6.45) is 3.68. The Kier molecular flexibility index (Phi) is 5.29. The Morgan fingerprint density at radius 2 is 1.81 bits per heavy atom. The first-order chi connectivity index (χ1) is 13.1. The minimum atomic E-state index is -0.383. The van der Waals surface area contributed by atoms with Crippen LogP contribution in [0.2, 0.25) is 5.02 Å². The molecule has 2 aliphatic heterocycles. The third kappa shape index (κ3) is 4.40. The molecule has 3 heterocycles. The third-order valence-corrected chi connectivity index (χ3v) is 5.22. The van der Waals surface area contributed by atoms with Gasteiger partial charge in [-0.25, -0.2) is 4.98 Å². The predicted octanol–water partition coefficient (Wildman–Crippen LogP) is 3.26. The van der Waals surface area contributed by atoms with Crippen molar-refractivity contribution in [2.75, 3.05) is 36.5 Å². The zero-order chi connectivity index (χ0) is 18.7. The number of benzene rings is 1. The van der Waals surface area contributed by atoms with Gasteiger partial charge in [0, 0.05) is 31.0 Å². The molecule has 0 saturated carbocycles. The number of carbonyl (C=O) groups excluding carboxylic acids is 1. The van der Waals surface area contributed by atoms with Crippen LogP contribution >= 0.6 is 11.6 Å². The highest BCUT2D eigenvalue weighted by Gasteiger charge is 2.39. The van der Waals surface area contributed by atoms with Crippen LogP contribution < -0.4 is 10.2 Å². The van der Waals surface area contributed by atoms with Crippen molar-refractivity contribution in [3.63, 3.8) is 0 Å². The fourth-order valence-corrected chi connectivity index (χ4v) is 3.63. The van der Waals surface area contributed by atoms with E-state index in [4.69, 9.17) is 21.1 Å².